The highest BCUT2D eigenvalue weighted by molar-refractivity contribution is 6.36. The number of aryl methyl sites for hydroxylation is 1. The van der Waals surface area contributed by atoms with Crippen LogP contribution in [-0.4, -0.2) is 113 Å². The van der Waals surface area contributed by atoms with Gasteiger partial charge < -0.3 is 34.0 Å². The fraction of sp³-hybridized carbons (Fsp3) is 0.412. The van der Waals surface area contributed by atoms with Crippen molar-refractivity contribution in [1.29, 1.82) is 0 Å². The van der Waals surface area contributed by atoms with Crippen LogP contribution in [0.2, 0.25) is 25.8 Å². The average Bonchev–Trinajstić information content (AvgIpc) is 3.20. The molecule has 0 N–H and O–H groups in total. The van der Waals surface area contributed by atoms with E-state index in [1.54, 1.807) is 29.2 Å². The molecule has 4 aromatic carbocycles. The zero-order valence-corrected chi connectivity index (χ0v) is 43.8. The van der Waals surface area contributed by atoms with E-state index in [9.17, 15) is 9.59 Å². The molecule has 2 amide bonds. The van der Waals surface area contributed by atoms with Crippen LogP contribution >= 0.6 is 58.0 Å². The van der Waals surface area contributed by atoms with Gasteiger partial charge in [0.25, 0.3) is 0 Å². The zero-order chi connectivity index (χ0) is 49.6. The number of amides is 2. The molecule has 18 heteroatoms. The molecule has 0 bridgehead atoms. The molecule has 6 heterocycles. The number of halogens is 5. The smallest absolute Gasteiger partial charge is 0.410 e. The van der Waals surface area contributed by atoms with Gasteiger partial charge in [-0.05, 0) is 143 Å². The van der Waals surface area contributed by atoms with Gasteiger partial charge in [-0.15, -0.1) is 0 Å². The quantitative estimate of drug-likeness (QED) is 0.121. The second kappa shape index (κ2) is 19.6. The Balaban J connectivity index is 0.000000156. The highest BCUT2D eigenvalue weighted by atomic mass is 35.5. The zero-order valence-electron chi connectivity index (χ0n) is 40.0. The molecule has 4 aliphatic heterocycles. The Morgan fingerprint density at radius 2 is 1.06 bits per heavy atom. The van der Waals surface area contributed by atoms with Crippen LogP contribution in [0.3, 0.4) is 0 Å². The van der Waals surface area contributed by atoms with Gasteiger partial charge in [-0.2, -0.15) is 4.98 Å². The van der Waals surface area contributed by atoms with Gasteiger partial charge in [0, 0.05) is 108 Å². The number of hydrogen-bond acceptors (Lipinski definition) is 11. The molecule has 0 radical (unpaired) electrons. The van der Waals surface area contributed by atoms with E-state index in [0.29, 0.717) is 31.6 Å². The van der Waals surface area contributed by atoms with E-state index in [0.717, 1.165) is 86.7 Å². The van der Waals surface area contributed by atoms with Gasteiger partial charge in [-0.25, -0.2) is 24.5 Å². The topological polar surface area (TPSA) is 120 Å². The summed E-state index contributed by atoms with van der Waals surface area (Å²) in [5, 5.41) is 3.46. The number of nitrogens with zero attached hydrogens (tertiary/aromatic N) is 9. The van der Waals surface area contributed by atoms with Crippen molar-refractivity contribution in [2.24, 2.45) is 10.8 Å². The lowest BCUT2D eigenvalue weighted by Crippen LogP contribution is -2.73. The van der Waals surface area contributed by atoms with Crippen LogP contribution in [0.15, 0.2) is 84.9 Å². The first-order chi connectivity index (χ1) is 32.5. The van der Waals surface area contributed by atoms with E-state index in [1.165, 1.54) is 11.3 Å². The van der Waals surface area contributed by atoms with Gasteiger partial charge in [0.2, 0.25) is 10.6 Å². The molecule has 10 rings (SSSR count). The first-order valence-corrected chi connectivity index (χ1v) is 24.7. The van der Waals surface area contributed by atoms with E-state index in [1.807, 2.05) is 82.7 Å². The van der Waals surface area contributed by atoms with Gasteiger partial charge in [-0.3, -0.25) is 0 Å². The maximum atomic E-state index is 12.3. The van der Waals surface area contributed by atoms with E-state index in [4.69, 9.17) is 67.5 Å². The predicted molar refractivity (Wildman–Crippen MR) is 279 cm³/mol. The number of likely N-dealkylation sites (tertiary alicyclic amines) is 2. The monoisotopic (exact) mass is 1030 g/mol. The summed E-state index contributed by atoms with van der Waals surface area (Å²) >= 11 is 29.6. The molecule has 0 aliphatic carbocycles. The summed E-state index contributed by atoms with van der Waals surface area (Å²) in [4.78, 5) is 51.2. The van der Waals surface area contributed by atoms with Gasteiger partial charge in [0.1, 0.15) is 22.2 Å². The molecule has 2 aromatic heterocycles. The summed E-state index contributed by atoms with van der Waals surface area (Å²) in [5.74, 6) is 0.718. The van der Waals surface area contributed by atoms with Crippen molar-refractivity contribution in [3.63, 3.8) is 0 Å². The third-order valence-electron chi connectivity index (χ3n) is 12.3. The number of anilines is 4. The molecule has 0 atom stereocenters. The average molecular weight is 1040 g/mol. The number of carbonyl (C=O) groups is 2. The van der Waals surface area contributed by atoms with Crippen LogP contribution in [-0.2, 0) is 15.9 Å². The summed E-state index contributed by atoms with van der Waals surface area (Å²) in [7, 11) is 1.97. The fourth-order valence-electron chi connectivity index (χ4n) is 9.08. The number of carbonyl (C=O) groups excluding carboxylic acids is 2. The van der Waals surface area contributed by atoms with Crippen LogP contribution in [0.4, 0.5) is 32.5 Å². The first-order valence-electron chi connectivity index (χ1n) is 22.8. The number of fused-ring (bicyclic) bond motifs is 2. The lowest BCUT2D eigenvalue weighted by molar-refractivity contribution is -0.0456. The van der Waals surface area contributed by atoms with Crippen molar-refractivity contribution >= 4 is 115 Å². The van der Waals surface area contributed by atoms with E-state index in [-0.39, 0.29) is 28.2 Å². The van der Waals surface area contributed by atoms with Crippen LogP contribution in [0.1, 0.15) is 54.0 Å². The van der Waals surface area contributed by atoms with E-state index >= 15 is 0 Å². The SMILES string of the molecule is CCc1cccc(N2CC3(CN(C(=O)OC(C)(C)C)C3)C2)c1.CN(c1cccc(N2CC3(CN(C(=O)OC(C)(C)C)C3)C2)c1)c1nc(Cl)nc2cc(Cl)ccc12.Clc1ccc2c(Cl)nc(Cl)nc2c1. The predicted octanol–water partition coefficient (Wildman–Crippen LogP) is 12.7. The maximum Gasteiger partial charge on any atom is 0.410 e. The van der Waals surface area contributed by atoms with Gasteiger partial charge >= 0.3 is 12.2 Å². The minimum absolute atomic E-state index is 0.125. The molecule has 0 saturated carbocycles. The number of benzene rings is 4. The summed E-state index contributed by atoms with van der Waals surface area (Å²) < 4.78 is 10.9. The molecule has 4 fully saturated rings. The molecule has 4 saturated heterocycles. The third-order valence-corrected chi connectivity index (χ3v) is 13.4. The van der Waals surface area contributed by atoms with Crippen LogP contribution in [0.5, 0.6) is 0 Å². The number of hydrogen-bond donors (Lipinski definition) is 0. The van der Waals surface area contributed by atoms with E-state index in [2.05, 4.69) is 73.1 Å². The Hall–Kier alpha value is -5.05. The minimum atomic E-state index is -0.469. The highest BCUT2D eigenvalue weighted by Crippen LogP contribution is 2.44. The minimum Gasteiger partial charge on any atom is -0.444 e. The summed E-state index contributed by atoms with van der Waals surface area (Å²) in [6.45, 7) is 20.6. The second-order valence-corrected chi connectivity index (χ2v) is 22.3. The highest BCUT2D eigenvalue weighted by Gasteiger charge is 2.55. The van der Waals surface area contributed by atoms with Crippen molar-refractivity contribution in [2.75, 3.05) is 74.1 Å². The van der Waals surface area contributed by atoms with Crippen molar-refractivity contribution in [2.45, 2.75) is 66.1 Å². The van der Waals surface area contributed by atoms with Crippen molar-refractivity contribution in [3.8, 4) is 0 Å². The lowest BCUT2D eigenvalue weighted by atomic mass is 9.73. The van der Waals surface area contributed by atoms with Gasteiger partial charge in [-0.1, -0.05) is 59.9 Å². The summed E-state index contributed by atoms with van der Waals surface area (Å²) in [6, 6.07) is 27.8. The Labute approximate surface area is 428 Å². The Morgan fingerprint density at radius 1 is 0.594 bits per heavy atom. The Kier molecular flexibility index (Phi) is 14.3. The fourth-order valence-corrected chi connectivity index (χ4v) is 10.0. The Bertz CT molecular complexity index is 2870. The summed E-state index contributed by atoms with van der Waals surface area (Å²) in [5.41, 5.74) is 5.74. The summed E-state index contributed by atoms with van der Waals surface area (Å²) in [6.07, 6.45) is 0.668. The third kappa shape index (κ3) is 11.8. The second-order valence-electron chi connectivity index (χ2n) is 20.4. The lowest BCUT2D eigenvalue weighted by Gasteiger charge is -2.60. The van der Waals surface area contributed by atoms with Crippen LogP contribution < -0.4 is 14.7 Å². The molecule has 364 valence electrons. The standard InChI is InChI=1S/C25H27Cl2N5O2.C18H26N2O2.C8H3Cl3N2/c1-24(2,3)34-23(33)32-14-25(15-32)12-31(13-25)18-7-5-6-17(11-18)30(4)21-19-9-8-16(26)10-20(19)28-22(27)29-21;1-5-14-7-6-8-15(9-14)19-10-18(11-19)12-20(13-18)16(21)22-17(2,3)4;9-4-1-2-5-6(3-4)12-8(11)13-7(5)10/h5-11H,12-15H2,1-4H3;6-9H,5,10-13H2,1-4H3;1-3H. The molecule has 6 aromatic rings. The molecular formula is C51H56Cl5N9O4. The molecule has 13 nitrogen and oxygen atoms in total. The van der Waals surface area contributed by atoms with Gasteiger partial charge in [0.05, 0.1) is 11.0 Å². The Morgan fingerprint density at radius 3 is 1.57 bits per heavy atom. The normalized spacial score (nSPS) is 16.6. The van der Waals surface area contributed by atoms with Crippen molar-refractivity contribution < 1.29 is 19.1 Å². The van der Waals surface area contributed by atoms with Crippen molar-refractivity contribution in [1.82, 2.24) is 29.7 Å². The number of ether oxygens (including phenoxy) is 2. The molecule has 69 heavy (non-hydrogen) atoms. The number of rotatable bonds is 5. The van der Waals surface area contributed by atoms with Gasteiger partial charge in [0.15, 0.2) is 0 Å². The molecule has 4 aliphatic rings. The van der Waals surface area contributed by atoms with E-state index < -0.39 is 11.2 Å². The molecule has 2 spiro atoms. The number of aromatic nitrogens is 4. The first kappa shape index (κ1) is 50.3. The molecule has 0 unspecified atom stereocenters. The molecular weight excluding hydrogens is 980 g/mol. The van der Waals surface area contributed by atoms with Crippen LogP contribution in [0.25, 0.3) is 21.8 Å². The van der Waals surface area contributed by atoms with Crippen LogP contribution in [0, 0.1) is 10.8 Å². The maximum absolute atomic E-state index is 12.3. The van der Waals surface area contributed by atoms with Crippen molar-refractivity contribution in [3.05, 3.63) is 116 Å². The largest absolute Gasteiger partial charge is 0.444 e.